The molecule has 39 heavy (non-hydrogen) atoms. The van der Waals surface area contributed by atoms with Crippen LogP contribution < -0.4 is 10.6 Å². The third kappa shape index (κ3) is 8.53. The van der Waals surface area contributed by atoms with Gasteiger partial charge in [-0.15, -0.1) is 0 Å². The lowest BCUT2D eigenvalue weighted by molar-refractivity contribution is -0.149. The van der Waals surface area contributed by atoms with Gasteiger partial charge in [0.25, 0.3) is 5.91 Å². The summed E-state index contributed by atoms with van der Waals surface area (Å²) < 4.78 is 5.36. The van der Waals surface area contributed by atoms with Crippen LogP contribution in [0, 0.1) is 23.7 Å². The van der Waals surface area contributed by atoms with Gasteiger partial charge in [-0.25, -0.2) is 0 Å². The fraction of sp³-hybridized carbons (Fsp3) is 0.483. The highest BCUT2D eigenvalue weighted by molar-refractivity contribution is 6.37. The zero-order chi connectivity index (χ0) is 28.5. The molecule has 10 heteroatoms. The summed E-state index contributed by atoms with van der Waals surface area (Å²) in [5.74, 6) is -4.94. The Kier molecular flexibility index (Phi) is 10.4. The van der Waals surface area contributed by atoms with E-state index in [-0.39, 0.29) is 50.0 Å². The molecule has 3 unspecified atom stereocenters. The maximum absolute atomic E-state index is 13.4. The van der Waals surface area contributed by atoms with E-state index in [2.05, 4.69) is 20.6 Å². The molecule has 1 aliphatic rings. The van der Waals surface area contributed by atoms with E-state index >= 15 is 0 Å². The minimum absolute atomic E-state index is 0.0706. The first-order valence-corrected chi connectivity index (χ1v) is 13.2. The molecule has 0 saturated carbocycles. The fourth-order valence-electron chi connectivity index (χ4n) is 4.45. The standard InChI is InChI=1S/C29H36N4O6/c1-17(2)23(12-25(35)39-16-19-8-6-5-7-9-19)28(37)33-26(18(3)4)24(34)11-20-10-21-13-30-14-22(32-21)15-31-29(38)27(20)36/h5-9,13-14,17-18,20,23,26H,10-12,15-16H2,1-4H3,(H,31,38)(H,33,37). The van der Waals surface area contributed by atoms with Crippen LogP contribution in [0.1, 0.15) is 57.5 Å². The highest BCUT2D eigenvalue weighted by Gasteiger charge is 2.35. The molecule has 0 aliphatic carbocycles. The predicted molar refractivity (Wildman–Crippen MR) is 142 cm³/mol. The fourth-order valence-corrected chi connectivity index (χ4v) is 4.45. The topological polar surface area (TPSA) is 144 Å². The Morgan fingerprint density at radius 2 is 1.72 bits per heavy atom. The number of ether oxygens (including phenoxy) is 1. The smallest absolute Gasteiger partial charge is 0.306 e. The third-order valence-corrected chi connectivity index (χ3v) is 6.74. The highest BCUT2D eigenvalue weighted by Crippen LogP contribution is 2.21. The van der Waals surface area contributed by atoms with Crippen LogP contribution in [0.3, 0.4) is 0 Å². The number of aromatic nitrogens is 2. The molecule has 0 fully saturated rings. The van der Waals surface area contributed by atoms with Crippen molar-refractivity contribution in [3.05, 3.63) is 59.7 Å². The molecule has 2 heterocycles. The van der Waals surface area contributed by atoms with Gasteiger partial charge in [0.1, 0.15) is 6.61 Å². The lowest BCUT2D eigenvalue weighted by atomic mass is 9.86. The van der Waals surface area contributed by atoms with Crippen molar-refractivity contribution in [3.8, 4) is 0 Å². The van der Waals surface area contributed by atoms with Crippen LogP contribution in [-0.2, 0) is 48.3 Å². The summed E-state index contributed by atoms with van der Waals surface area (Å²) in [4.78, 5) is 72.9. The van der Waals surface area contributed by atoms with E-state index in [9.17, 15) is 24.0 Å². The summed E-state index contributed by atoms with van der Waals surface area (Å²) >= 11 is 0. The van der Waals surface area contributed by atoms with E-state index < -0.39 is 41.4 Å². The van der Waals surface area contributed by atoms with Crippen molar-refractivity contribution in [2.45, 2.75) is 66.2 Å². The molecule has 1 aromatic heterocycles. The Morgan fingerprint density at radius 3 is 2.38 bits per heavy atom. The summed E-state index contributed by atoms with van der Waals surface area (Å²) in [6.07, 6.45) is 2.72. The van der Waals surface area contributed by atoms with Crippen molar-refractivity contribution in [1.29, 1.82) is 0 Å². The summed E-state index contributed by atoms with van der Waals surface area (Å²) in [6.45, 7) is 7.40. The van der Waals surface area contributed by atoms with E-state index in [0.717, 1.165) is 5.56 Å². The molecule has 2 amide bonds. The molecular weight excluding hydrogens is 500 g/mol. The van der Waals surface area contributed by atoms with Gasteiger partial charge in [0.05, 0.1) is 42.5 Å². The number of esters is 1. The number of hydrogen-bond acceptors (Lipinski definition) is 8. The monoisotopic (exact) mass is 536 g/mol. The molecule has 0 spiro atoms. The molecule has 3 rings (SSSR count). The Bertz CT molecular complexity index is 1200. The van der Waals surface area contributed by atoms with Crippen molar-refractivity contribution in [2.24, 2.45) is 23.7 Å². The van der Waals surface area contributed by atoms with Crippen LogP contribution in [0.5, 0.6) is 0 Å². The summed E-state index contributed by atoms with van der Waals surface area (Å²) in [5.41, 5.74) is 1.87. The average molecular weight is 537 g/mol. The molecular formula is C29H36N4O6. The lowest BCUT2D eigenvalue weighted by Gasteiger charge is -2.27. The highest BCUT2D eigenvalue weighted by atomic mass is 16.5. The lowest BCUT2D eigenvalue weighted by Crippen LogP contribution is -2.49. The zero-order valence-electron chi connectivity index (χ0n) is 22.8. The minimum atomic E-state index is -0.938. The number of hydrogen-bond donors (Lipinski definition) is 2. The Hall–Kier alpha value is -3.95. The van der Waals surface area contributed by atoms with Gasteiger partial charge in [-0.05, 0) is 17.4 Å². The normalized spacial score (nSPS) is 16.9. The van der Waals surface area contributed by atoms with Crippen LogP contribution in [0.15, 0.2) is 42.7 Å². The minimum Gasteiger partial charge on any atom is -0.461 e. The maximum Gasteiger partial charge on any atom is 0.306 e. The summed E-state index contributed by atoms with van der Waals surface area (Å²) in [5, 5.41) is 5.32. The molecule has 0 saturated heterocycles. The molecule has 2 bridgehead atoms. The number of ketones is 2. The molecule has 0 radical (unpaired) electrons. The number of Topliss-reactive ketones (excluding diaryl/α,β-unsaturated/α-hetero) is 2. The Labute approximate surface area is 228 Å². The van der Waals surface area contributed by atoms with Gasteiger partial charge >= 0.3 is 5.97 Å². The van der Waals surface area contributed by atoms with E-state index in [1.54, 1.807) is 13.8 Å². The molecule has 208 valence electrons. The van der Waals surface area contributed by atoms with Crippen LogP contribution in [0.2, 0.25) is 0 Å². The number of carbonyl (C=O) groups is 5. The number of fused-ring (bicyclic) bond motifs is 2. The predicted octanol–water partition coefficient (Wildman–Crippen LogP) is 2.34. The largest absolute Gasteiger partial charge is 0.461 e. The van der Waals surface area contributed by atoms with Crippen molar-refractivity contribution < 1.29 is 28.7 Å². The summed E-state index contributed by atoms with van der Waals surface area (Å²) in [6, 6.07) is 8.34. The molecule has 1 aliphatic heterocycles. The first kappa shape index (κ1) is 29.6. The van der Waals surface area contributed by atoms with Crippen LogP contribution in [-0.4, -0.2) is 45.4 Å². The number of nitrogens with zero attached hydrogens (tertiary/aromatic N) is 2. The van der Waals surface area contributed by atoms with Crippen LogP contribution in [0.25, 0.3) is 0 Å². The molecule has 2 aromatic rings. The number of amides is 2. The Balaban J connectivity index is 1.67. The maximum atomic E-state index is 13.4. The van der Waals surface area contributed by atoms with Crippen molar-refractivity contribution >= 4 is 29.4 Å². The first-order valence-electron chi connectivity index (χ1n) is 13.2. The third-order valence-electron chi connectivity index (χ3n) is 6.74. The molecule has 2 N–H and O–H groups in total. The molecule has 10 nitrogen and oxygen atoms in total. The van der Waals surface area contributed by atoms with Gasteiger partial charge in [-0.2, -0.15) is 0 Å². The van der Waals surface area contributed by atoms with Crippen molar-refractivity contribution in [2.75, 3.05) is 0 Å². The van der Waals surface area contributed by atoms with Gasteiger partial charge in [0.2, 0.25) is 11.7 Å². The van der Waals surface area contributed by atoms with Gasteiger partial charge in [0.15, 0.2) is 5.78 Å². The molecule has 3 atom stereocenters. The number of rotatable bonds is 11. The quantitative estimate of drug-likeness (QED) is 0.329. The van der Waals surface area contributed by atoms with E-state index in [1.807, 2.05) is 44.2 Å². The van der Waals surface area contributed by atoms with Gasteiger partial charge in [0, 0.05) is 25.0 Å². The number of nitrogens with one attached hydrogen (secondary N) is 2. The van der Waals surface area contributed by atoms with Gasteiger partial charge < -0.3 is 15.4 Å². The van der Waals surface area contributed by atoms with E-state index in [1.165, 1.54) is 12.4 Å². The van der Waals surface area contributed by atoms with Crippen molar-refractivity contribution in [1.82, 2.24) is 20.6 Å². The SMILES string of the molecule is CC(C)C(CC(=O)OCc1ccccc1)C(=O)NC(C(=O)CC1Cc2cncc(n2)CNC(=O)C1=O)C(C)C. The second kappa shape index (κ2) is 13.7. The Morgan fingerprint density at radius 1 is 1.03 bits per heavy atom. The van der Waals surface area contributed by atoms with Crippen molar-refractivity contribution in [3.63, 3.8) is 0 Å². The zero-order valence-corrected chi connectivity index (χ0v) is 22.8. The first-order chi connectivity index (χ1) is 18.5. The second-order valence-corrected chi connectivity index (χ2v) is 10.6. The van der Waals surface area contributed by atoms with Crippen LogP contribution in [0.4, 0.5) is 0 Å². The molecule has 1 aromatic carbocycles. The van der Waals surface area contributed by atoms with Gasteiger partial charge in [-0.3, -0.25) is 33.9 Å². The van der Waals surface area contributed by atoms with E-state index in [0.29, 0.717) is 11.4 Å². The van der Waals surface area contributed by atoms with Crippen LogP contribution >= 0.6 is 0 Å². The number of benzene rings is 1. The number of carbonyl (C=O) groups excluding carboxylic acids is 5. The van der Waals surface area contributed by atoms with Gasteiger partial charge in [-0.1, -0.05) is 58.0 Å². The van der Waals surface area contributed by atoms with E-state index in [4.69, 9.17) is 4.74 Å². The average Bonchev–Trinajstić information content (AvgIpc) is 2.94. The summed E-state index contributed by atoms with van der Waals surface area (Å²) in [7, 11) is 0. The second-order valence-electron chi connectivity index (χ2n) is 10.6.